The van der Waals surface area contributed by atoms with E-state index in [1.165, 1.54) is 25.7 Å². The van der Waals surface area contributed by atoms with E-state index in [1.807, 2.05) is 29.5 Å². The van der Waals surface area contributed by atoms with E-state index >= 15 is 0 Å². The third-order valence-corrected chi connectivity index (χ3v) is 10.3. The summed E-state index contributed by atoms with van der Waals surface area (Å²) in [6.07, 6.45) is 0. The molecule has 0 saturated carbocycles. The molecule has 0 aliphatic rings. The third-order valence-electron chi connectivity index (χ3n) is 8.74. The van der Waals surface area contributed by atoms with Crippen LogP contribution in [0.4, 0.5) is 17.1 Å². The fourth-order valence-electron chi connectivity index (χ4n) is 6.56. The highest BCUT2D eigenvalue weighted by Gasteiger charge is 2.18. The van der Waals surface area contributed by atoms with Gasteiger partial charge in [0, 0.05) is 64.1 Å². The summed E-state index contributed by atoms with van der Waals surface area (Å²) < 4.78 is 9.05. The number of furan rings is 1. The molecule has 9 aromatic rings. The first-order valence-electron chi connectivity index (χ1n) is 15.4. The molecule has 2 aromatic heterocycles. The van der Waals surface area contributed by atoms with Gasteiger partial charge in [-0.1, -0.05) is 89.9 Å². The molecule has 7 aromatic carbocycles. The van der Waals surface area contributed by atoms with Crippen LogP contribution in [0.5, 0.6) is 0 Å². The highest BCUT2D eigenvalue weighted by Crippen LogP contribution is 2.43. The van der Waals surface area contributed by atoms with E-state index in [4.69, 9.17) is 27.6 Å². The van der Waals surface area contributed by atoms with Crippen molar-refractivity contribution in [2.75, 3.05) is 4.90 Å². The smallest absolute Gasteiger partial charge is 0.137 e. The van der Waals surface area contributed by atoms with Crippen molar-refractivity contribution in [1.29, 1.82) is 0 Å². The van der Waals surface area contributed by atoms with Crippen LogP contribution in [-0.4, -0.2) is 0 Å². The predicted octanol–water partition coefficient (Wildman–Crippen LogP) is 14.1. The van der Waals surface area contributed by atoms with Gasteiger partial charge in [-0.15, -0.1) is 11.3 Å². The maximum absolute atomic E-state index is 6.48. The minimum absolute atomic E-state index is 0.611. The normalized spacial score (nSPS) is 11.6. The van der Waals surface area contributed by atoms with Crippen LogP contribution in [0.2, 0.25) is 10.0 Å². The summed E-state index contributed by atoms with van der Waals surface area (Å²) in [6, 6.07) is 53.0. The summed E-state index contributed by atoms with van der Waals surface area (Å²) in [6.45, 7) is 0. The molecular formula is C42H25Cl2NOS. The van der Waals surface area contributed by atoms with Gasteiger partial charge in [0.1, 0.15) is 11.2 Å². The Labute approximate surface area is 285 Å². The summed E-state index contributed by atoms with van der Waals surface area (Å²) in [5, 5.41) is 5.85. The lowest BCUT2D eigenvalue weighted by Crippen LogP contribution is -2.09. The van der Waals surface area contributed by atoms with Crippen molar-refractivity contribution in [3.8, 4) is 22.3 Å². The molecule has 5 heteroatoms. The van der Waals surface area contributed by atoms with Crippen LogP contribution in [0.3, 0.4) is 0 Å². The highest BCUT2D eigenvalue weighted by molar-refractivity contribution is 7.25. The molecule has 0 N–H and O–H groups in total. The second kappa shape index (κ2) is 11.3. The van der Waals surface area contributed by atoms with Crippen LogP contribution in [0, 0.1) is 0 Å². The highest BCUT2D eigenvalue weighted by atomic mass is 35.5. The predicted molar refractivity (Wildman–Crippen MR) is 202 cm³/mol. The second-order valence-electron chi connectivity index (χ2n) is 11.7. The Bertz CT molecular complexity index is 2600. The van der Waals surface area contributed by atoms with Gasteiger partial charge in [0.15, 0.2) is 0 Å². The van der Waals surface area contributed by atoms with Gasteiger partial charge in [0.2, 0.25) is 0 Å². The quantitative estimate of drug-likeness (QED) is 0.182. The number of hydrogen-bond acceptors (Lipinski definition) is 3. The third kappa shape index (κ3) is 5.04. The molecule has 0 saturated heterocycles. The number of benzene rings is 7. The molecule has 0 amide bonds. The van der Waals surface area contributed by atoms with Crippen LogP contribution in [-0.2, 0) is 0 Å². The first kappa shape index (κ1) is 28.2. The monoisotopic (exact) mass is 661 g/mol. The Hall–Kier alpha value is -5.06. The van der Waals surface area contributed by atoms with Gasteiger partial charge in [0.25, 0.3) is 0 Å². The second-order valence-corrected chi connectivity index (χ2v) is 13.6. The Morgan fingerprint density at radius 3 is 1.98 bits per heavy atom. The van der Waals surface area contributed by atoms with E-state index in [0.717, 1.165) is 55.7 Å². The summed E-state index contributed by atoms with van der Waals surface area (Å²) >= 11 is 14.5. The zero-order valence-electron chi connectivity index (χ0n) is 25.0. The average molecular weight is 663 g/mol. The zero-order chi connectivity index (χ0) is 31.5. The number of hydrogen-bond donors (Lipinski definition) is 0. The van der Waals surface area contributed by atoms with Gasteiger partial charge in [-0.05, 0) is 101 Å². The number of rotatable bonds is 5. The molecule has 224 valence electrons. The van der Waals surface area contributed by atoms with Crippen molar-refractivity contribution in [1.82, 2.24) is 0 Å². The van der Waals surface area contributed by atoms with Crippen LogP contribution in [0.25, 0.3) is 64.4 Å². The van der Waals surface area contributed by atoms with Gasteiger partial charge < -0.3 is 9.32 Å². The van der Waals surface area contributed by atoms with Gasteiger partial charge in [-0.25, -0.2) is 0 Å². The summed E-state index contributed by atoms with van der Waals surface area (Å²) in [4.78, 5) is 2.32. The lowest BCUT2D eigenvalue weighted by Gasteiger charge is -2.26. The van der Waals surface area contributed by atoms with Gasteiger partial charge in [-0.3, -0.25) is 0 Å². The van der Waals surface area contributed by atoms with Crippen LogP contribution in [0.15, 0.2) is 156 Å². The summed E-state index contributed by atoms with van der Waals surface area (Å²) in [7, 11) is 0. The molecule has 0 radical (unpaired) electrons. The molecule has 0 atom stereocenters. The lowest BCUT2D eigenvalue weighted by atomic mass is 10.0. The molecule has 47 heavy (non-hydrogen) atoms. The molecule has 0 aliphatic heterocycles. The fraction of sp³-hybridized carbons (Fsp3) is 0. The minimum atomic E-state index is 0.611. The van der Waals surface area contributed by atoms with E-state index in [-0.39, 0.29) is 0 Å². The molecule has 9 rings (SSSR count). The largest absolute Gasteiger partial charge is 0.456 e. The lowest BCUT2D eigenvalue weighted by molar-refractivity contribution is 0.669. The molecular weight excluding hydrogens is 637 g/mol. The average Bonchev–Trinajstić information content (AvgIpc) is 3.66. The van der Waals surface area contributed by atoms with Gasteiger partial charge in [0.05, 0.1) is 0 Å². The van der Waals surface area contributed by atoms with Crippen molar-refractivity contribution in [3.05, 3.63) is 162 Å². The Kier molecular flexibility index (Phi) is 6.79. The van der Waals surface area contributed by atoms with Crippen molar-refractivity contribution in [2.24, 2.45) is 0 Å². The van der Waals surface area contributed by atoms with Crippen LogP contribution in [0.1, 0.15) is 0 Å². The fourth-order valence-corrected chi connectivity index (χ4v) is 8.17. The summed E-state index contributed by atoms with van der Waals surface area (Å²) in [5.41, 5.74) is 9.17. The number of nitrogens with zero attached hydrogens (tertiary/aromatic N) is 1. The molecule has 0 bridgehead atoms. The van der Waals surface area contributed by atoms with Crippen LogP contribution < -0.4 is 4.90 Å². The molecule has 0 unspecified atom stereocenters. The molecule has 2 heterocycles. The topological polar surface area (TPSA) is 16.4 Å². The molecule has 2 nitrogen and oxygen atoms in total. The van der Waals surface area contributed by atoms with Crippen molar-refractivity contribution in [2.45, 2.75) is 0 Å². The number of fused-ring (bicyclic) bond motifs is 6. The number of halogens is 2. The molecule has 0 aliphatic carbocycles. The van der Waals surface area contributed by atoms with E-state index in [9.17, 15) is 0 Å². The Morgan fingerprint density at radius 1 is 0.404 bits per heavy atom. The van der Waals surface area contributed by atoms with E-state index in [0.29, 0.717) is 10.0 Å². The maximum atomic E-state index is 6.48. The van der Waals surface area contributed by atoms with Crippen LogP contribution >= 0.6 is 34.5 Å². The maximum Gasteiger partial charge on any atom is 0.137 e. The Morgan fingerprint density at radius 2 is 1.11 bits per heavy atom. The first-order valence-corrected chi connectivity index (χ1v) is 16.9. The number of anilines is 3. The van der Waals surface area contributed by atoms with Gasteiger partial charge in [-0.2, -0.15) is 0 Å². The zero-order valence-corrected chi connectivity index (χ0v) is 27.3. The standard InChI is InChI=1S/C42H25Cl2NOS/c43-30-19-29(20-31(44)23-30)28-13-17-39-37(22-28)35-16-14-34(25-40(35)46-39)45(32-10-6-9-27(21-32)26-7-2-1-3-8-26)33-15-18-42-38(24-33)36-11-4-5-12-41(36)47-42/h1-25H. The van der Waals surface area contributed by atoms with E-state index in [2.05, 4.69) is 132 Å². The van der Waals surface area contributed by atoms with E-state index < -0.39 is 0 Å². The number of thiophene rings is 1. The van der Waals surface area contributed by atoms with Gasteiger partial charge >= 0.3 is 0 Å². The SMILES string of the molecule is Clc1cc(Cl)cc(-c2ccc3oc4cc(N(c5cccc(-c6ccccc6)c5)c5ccc6sc7ccccc7c6c5)ccc4c3c2)c1. The van der Waals surface area contributed by atoms with E-state index in [1.54, 1.807) is 6.07 Å². The molecule has 0 fully saturated rings. The van der Waals surface area contributed by atoms with Crippen molar-refractivity contribution >= 4 is 93.7 Å². The molecule has 0 spiro atoms. The Balaban J connectivity index is 1.22. The minimum Gasteiger partial charge on any atom is -0.456 e. The summed E-state index contributed by atoms with van der Waals surface area (Å²) in [5.74, 6) is 0. The van der Waals surface area contributed by atoms with Crippen molar-refractivity contribution in [3.63, 3.8) is 0 Å². The van der Waals surface area contributed by atoms with Crippen molar-refractivity contribution < 1.29 is 4.42 Å². The first-order chi connectivity index (χ1) is 23.1.